The number of ether oxygens (including phenoxy) is 1. The third-order valence-corrected chi connectivity index (χ3v) is 3.16. The molecular weight excluding hydrogens is 162 g/mol. The van der Waals surface area contributed by atoms with Gasteiger partial charge in [-0.05, 0) is 30.7 Å². The molecule has 13 heavy (non-hydrogen) atoms. The van der Waals surface area contributed by atoms with Crippen molar-refractivity contribution in [3.8, 4) is 0 Å². The van der Waals surface area contributed by atoms with Gasteiger partial charge in [0.05, 0.1) is 0 Å². The highest BCUT2D eigenvalue weighted by Crippen LogP contribution is 2.33. The van der Waals surface area contributed by atoms with E-state index < -0.39 is 0 Å². The molecule has 0 unspecified atom stereocenters. The van der Waals surface area contributed by atoms with Crippen LogP contribution < -0.4 is 5.32 Å². The predicted octanol–water partition coefficient (Wildman–Crippen LogP) is 2.05. The summed E-state index contributed by atoms with van der Waals surface area (Å²) in [5.41, 5.74) is 0.430. The molecule has 2 nitrogen and oxygen atoms in total. The number of hydrogen-bond donors (Lipinski definition) is 1. The summed E-state index contributed by atoms with van der Waals surface area (Å²) in [6.07, 6.45) is 2.47. The molecule has 78 valence electrons. The Hall–Kier alpha value is -0.0800. The van der Waals surface area contributed by atoms with Gasteiger partial charge in [-0.15, -0.1) is 0 Å². The van der Waals surface area contributed by atoms with E-state index in [0.29, 0.717) is 5.41 Å². The van der Waals surface area contributed by atoms with Crippen LogP contribution in [-0.4, -0.2) is 26.3 Å². The maximum Gasteiger partial charge on any atom is 0.0468 e. The van der Waals surface area contributed by atoms with E-state index in [-0.39, 0.29) is 0 Å². The van der Waals surface area contributed by atoms with Gasteiger partial charge in [0.2, 0.25) is 0 Å². The van der Waals surface area contributed by atoms with Crippen LogP contribution in [0.1, 0.15) is 33.6 Å². The summed E-state index contributed by atoms with van der Waals surface area (Å²) in [5, 5.41) is 3.45. The Kier molecular flexibility index (Phi) is 4.20. The summed E-state index contributed by atoms with van der Waals surface area (Å²) in [5.74, 6) is 0.834. The molecule has 0 aromatic heterocycles. The lowest BCUT2D eigenvalue weighted by Crippen LogP contribution is -2.38. The molecule has 1 rings (SSSR count). The van der Waals surface area contributed by atoms with Crippen molar-refractivity contribution >= 4 is 0 Å². The van der Waals surface area contributed by atoms with E-state index >= 15 is 0 Å². The Balaban J connectivity index is 2.36. The number of hydrogen-bond acceptors (Lipinski definition) is 2. The summed E-state index contributed by atoms with van der Waals surface area (Å²) in [6.45, 7) is 11.0. The SMILES string of the molecule is CCNCC(C)(C)C1CCOCC1. The Morgan fingerprint density at radius 3 is 2.46 bits per heavy atom. The molecule has 2 heteroatoms. The Morgan fingerprint density at radius 1 is 1.31 bits per heavy atom. The Morgan fingerprint density at radius 2 is 1.92 bits per heavy atom. The van der Waals surface area contributed by atoms with E-state index in [1.54, 1.807) is 0 Å². The lowest BCUT2D eigenvalue weighted by molar-refractivity contribution is 0.0230. The minimum absolute atomic E-state index is 0.430. The molecule has 1 fully saturated rings. The minimum atomic E-state index is 0.430. The van der Waals surface area contributed by atoms with Gasteiger partial charge in [-0.25, -0.2) is 0 Å². The molecule has 1 N–H and O–H groups in total. The summed E-state index contributed by atoms with van der Waals surface area (Å²) >= 11 is 0. The van der Waals surface area contributed by atoms with E-state index in [9.17, 15) is 0 Å². The topological polar surface area (TPSA) is 21.3 Å². The molecule has 0 bridgehead atoms. The Labute approximate surface area is 82.0 Å². The fourth-order valence-corrected chi connectivity index (χ4v) is 2.07. The standard InChI is InChI=1S/C11H23NO/c1-4-12-9-11(2,3)10-5-7-13-8-6-10/h10,12H,4-9H2,1-3H3. The smallest absolute Gasteiger partial charge is 0.0468 e. The second-order valence-corrected chi connectivity index (χ2v) is 4.66. The van der Waals surface area contributed by atoms with Gasteiger partial charge in [-0.1, -0.05) is 20.8 Å². The van der Waals surface area contributed by atoms with Crippen molar-refractivity contribution in [3.63, 3.8) is 0 Å². The second-order valence-electron chi connectivity index (χ2n) is 4.66. The molecule has 0 aromatic rings. The third kappa shape index (κ3) is 3.28. The van der Waals surface area contributed by atoms with Gasteiger partial charge in [-0.3, -0.25) is 0 Å². The monoisotopic (exact) mass is 185 g/mol. The zero-order valence-electron chi connectivity index (χ0n) is 9.23. The van der Waals surface area contributed by atoms with Crippen LogP contribution in [0.25, 0.3) is 0 Å². The maximum atomic E-state index is 5.38. The molecule has 0 aliphatic carbocycles. The van der Waals surface area contributed by atoms with Crippen molar-refractivity contribution < 1.29 is 4.74 Å². The fourth-order valence-electron chi connectivity index (χ4n) is 2.07. The largest absolute Gasteiger partial charge is 0.381 e. The minimum Gasteiger partial charge on any atom is -0.381 e. The molecule has 1 heterocycles. The van der Waals surface area contributed by atoms with Crippen LogP contribution in [0.15, 0.2) is 0 Å². The number of nitrogens with one attached hydrogen (secondary N) is 1. The van der Waals surface area contributed by atoms with Gasteiger partial charge < -0.3 is 10.1 Å². The summed E-state index contributed by atoms with van der Waals surface area (Å²) in [4.78, 5) is 0. The molecule has 0 saturated carbocycles. The highest BCUT2D eigenvalue weighted by Gasteiger charge is 2.30. The van der Waals surface area contributed by atoms with Crippen molar-refractivity contribution in [2.45, 2.75) is 33.6 Å². The van der Waals surface area contributed by atoms with Crippen LogP contribution in [-0.2, 0) is 4.74 Å². The summed E-state index contributed by atoms with van der Waals surface area (Å²) < 4.78 is 5.38. The van der Waals surface area contributed by atoms with Crippen molar-refractivity contribution in [1.29, 1.82) is 0 Å². The van der Waals surface area contributed by atoms with Gasteiger partial charge in [-0.2, -0.15) is 0 Å². The first-order chi connectivity index (χ1) is 6.17. The van der Waals surface area contributed by atoms with Crippen molar-refractivity contribution in [1.82, 2.24) is 5.32 Å². The van der Waals surface area contributed by atoms with Gasteiger partial charge in [0, 0.05) is 19.8 Å². The summed E-state index contributed by atoms with van der Waals surface area (Å²) in [6, 6.07) is 0. The molecule has 0 aromatic carbocycles. The van der Waals surface area contributed by atoms with Crippen molar-refractivity contribution in [2.24, 2.45) is 11.3 Å². The fraction of sp³-hybridized carbons (Fsp3) is 1.00. The van der Waals surface area contributed by atoms with Crippen molar-refractivity contribution in [2.75, 3.05) is 26.3 Å². The molecule has 0 amide bonds. The molecule has 1 saturated heterocycles. The van der Waals surface area contributed by atoms with Crippen LogP contribution in [0.2, 0.25) is 0 Å². The molecule has 1 aliphatic rings. The van der Waals surface area contributed by atoms with Crippen LogP contribution in [0.5, 0.6) is 0 Å². The van der Waals surface area contributed by atoms with Gasteiger partial charge in [0.1, 0.15) is 0 Å². The molecule has 0 spiro atoms. The van der Waals surface area contributed by atoms with Crippen LogP contribution >= 0.6 is 0 Å². The average Bonchev–Trinajstić information content (AvgIpc) is 2.16. The number of rotatable bonds is 4. The molecule has 0 radical (unpaired) electrons. The lowest BCUT2D eigenvalue weighted by atomic mass is 9.74. The van der Waals surface area contributed by atoms with E-state index in [2.05, 4.69) is 26.1 Å². The van der Waals surface area contributed by atoms with Crippen LogP contribution in [0, 0.1) is 11.3 Å². The van der Waals surface area contributed by atoms with Gasteiger partial charge >= 0.3 is 0 Å². The average molecular weight is 185 g/mol. The quantitative estimate of drug-likeness (QED) is 0.724. The van der Waals surface area contributed by atoms with Crippen LogP contribution in [0.3, 0.4) is 0 Å². The van der Waals surface area contributed by atoms with E-state index in [0.717, 1.165) is 32.2 Å². The zero-order valence-corrected chi connectivity index (χ0v) is 9.23. The molecule has 1 aliphatic heterocycles. The first kappa shape index (κ1) is 11.0. The van der Waals surface area contributed by atoms with Gasteiger partial charge in [0.15, 0.2) is 0 Å². The third-order valence-electron chi connectivity index (χ3n) is 3.16. The van der Waals surface area contributed by atoms with Crippen molar-refractivity contribution in [3.05, 3.63) is 0 Å². The van der Waals surface area contributed by atoms with E-state index in [1.807, 2.05) is 0 Å². The predicted molar refractivity (Wildman–Crippen MR) is 55.9 cm³/mol. The first-order valence-corrected chi connectivity index (χ1v) is 5.45. The second kappa shape index (κ2) is 4.97. The summed E-state index contributed by atoms with van der Waals surface area (Å²) in [7, 11) is 0. The van der Waals surface area contributed by atoms with Crippen LogP contribution in [0.4, 0.5) is 0 Å². The lowest BCUT2D eigenvalue weighted by Gasteiger charge is -2.37. The maximum absolute atomic E-state index is 5.38. The van der Waals surface area contributed by atoms with E-state index in [4.69, 9.17) is 4.74 Å². The highest BCUT2D eigenvalue weighted by atomic mass is 16.5. The molecule has 0 atom stereocenters. The Bertz CT molecular complexity index is 139. The normalized spacial score (nSPS) is 20.5. The first-order valence-electron chi connectivity index (χ1n) is 5.45. The zero-order chi connectivity index (χ0) is 9.73. The molecular formula is C11H23NO. The highest BCUT2D eigenvalue weighted by molar-refractivity contribution is 4.81. The van der Waals surface area contributed by atoms with E-state index in [1.165, 1.54) is 12.8 Å². The van der Waals surface area contributed by atoms with Gasteiger partial charge in [0.25, 0.3) is 0 Å².